The van der Waals surface area contributed by atoms with Gasteiger partial charge in [0.1, 0.15) is 6.54 Å². The largest absolute Gasteiger partial charge is 0.480 e. The van der Waals surface area contributed by atoms with Crippen LogP contribution in [0.4, 0.5) is 5.69 Å². The number of carboxylic acids is 1. The predicted octanol–water partition coefficient (Wildman–Crippen LogP) is 2.32. The highest BCUT2D eigenvalue weighted by Crippen LogP contribution is 2.29. The highest BCUT2D eigenvalue weighted by Gasteiger charge is 2.25. The van der Waals surface area contributed by atoms with Crippen LogP contribution < -0.4 is 4.90 Å². The molecule has 2 aromatic carbocycles. The third-order valence-electron chi connectivity index (χ3n) is 4.43. The fourth-order valence-corrected chi connectivity index (χ4v) is 3.21. The summed E-state index contributed by atoms with van der Waals surface area (Å²) in [6.45, 7) is 1.97. The number of carbonyl (C=O) groups excluding carboxylic acids is 2. The summed E-state index contributed by atoms with van der Waals surface area (Å²) in [6, 6.07) is 14.5. The second-order valence-corrected chi connectivity index (χ2v) is 6.30. The van der Waals surface area contributed by atoms with E-state index >= 15 is 0 Å². The lowest BCUT2D eigenvalue weighted by Crippen LogP contribution is -2.35. The van der Waals surface area contributed by atoms with Crippen molar-refractivity contribution in [2.75, 3.05) is 18.0 Å². The number of amides is 2. The Labute approximate surface area is 151 Å². The van der Waals surface area contributed by atoms with Crippen LogP contribution in [0.25, 0.3) is 0 Å². The van der Waals surface area contributed by atoms with Crippen LogP contribution >= 0.6 is 0 Å². The van der Waals surface area contributed by atoms with Crippen LogP contribution in [-0.2, 0) is 22.6 Å². The number of anilines is 1. The van der Waals surface area contributed by atoms with Crippen molar-refractivity contribution in [1.29, 1.82) is 0 Å². The molecule has 134 valence electrons. The maximum atomic E-state index is 12.9. The molecule has 1 N–H and O–H groups in total. The van der Waals surface area contributed by atoms with Crippen LogP contribution in [0.1, 0.15) is 28.4 Å². The van der Waals surface area contributed by atoms with E-state index in [1.165, 1.54) is 11.8 Å². The molecule has 0 unspecified atom stereocenters. The molecule has 0 aliphatic carbocycles. The van der Waals surface area contributed by atoms with Gasteiger partial charge in [0.05, 0.1) is 0 Å². The lowest BCUT2D eigenvalue weighted by molar-refractivity contribution is -0.137. The number of carbonyl (C=O) groups is 3. The normalized spacial score (nSPS) is 12.6. The van der Waals surface area contributed by atoms with E-state index in [4.69, 9.17) is 0 Å². The van der Waals surface area contributed by atoms with Crippen molar-refractivity contribution >= 4 is 23.5 Å². The van der Waals surface area contributed by atoms with Gasteiger partial charge in [-0.25, -0.2) is 0 Å². The van der Waals surface area contributed by atoms with Crippen molar-refractivity contribution in [2.24, 2.45) is 0 Å². The molecule has 1 aliphatic rings. The molecule has 0 aromatic heterocycles. The van der Waals surface area contributed by atoms with Crippen LogP contribution in [0.5, 0.6) is 0 Å². The molecule has 1 aliphatic heterocycles. The smallest absolute Gasteiger partial charge is 0.323 e. The van der Waals surface area contributed by atoms with Crippen LogP contribution in [0, 0.1) is 0 Å². The molecule has 0 spiro atoms. The van der Waals surface area contributed by atoms with E-state index in [9.17, 15) is 19.5 Å². The first kappa shape index (κ1) is 17.7. The van der Waals surface area contributed by atoms with E-state index in [-0.39, 0.29) is 24.9 Å². The average molecular weight is 352 g/mol. The van der Waals surface area contributed by atoms with Crippen LogP contribution in [0.15, 0.2) is 48.5 Å². The molecule has 0 saturated carbocycles. The standard InChI is InChI=1S/C20H20N2O4/c1-14(23)22-10-9-16-11-17(7-8-18(16)22)20(26)21(13-19(24)25)12-15-5-3-2-4-6-15/h2-8,11H,9-10,12-13H2,1H3,(H,24,25). The van der Waals surface area contributed by atoms with Gasteiger partial charge in [-0.1, -0.05) is 30.3 Å². The van der Waals surface area contributed by atoms with Gasteiger partial charge in [-0.2, -0.15) is 0 Å². The number of aliphatic carboxylic acids is 1. The molecule has 1 heterocycles. The quantitative estimate of drug-likeness (QED) is 0.896. The first-order chi connectivity index (χ1) is 12.5. The minimum absolute atomic E-state index is 0.0283. The van der Waals surface area contributed by atoms with Crippen molar-refractivity contribution < 1.29 is 19.5 Å². The number of rotatable bonds is 5. The first-order valence-corrected chi connectivity index (χ1v) is 8.41. The van der Waals surface area contributed by atoms with Crippen LogP contribution in [0.2, 0.25) is 0 Å². The Morgan fingerprint density at radius 1 is 1.12 bits per heavy atom. The van der Waals surface area contributed by atoms with Gasteiger partial charge in [-0.05, 0) is 35.7 Å². The van der Waals surface area contributed by atoms with Gasteiger partial charge in [-0.15, -0.1) is 0 Å². The summed E-state index contributed by atoms with van der Waals surface area (Å²) in [5, 5.41) is 9.17. The van der Waals surface area contributed by atoms with Crippen LogP contribution in [0.3, 0.4) is 0 Å². The zero-order chi connectivity index (χ0) is 18.7. The number of nitrogens with zero attached hydrogens (tertiary/aromatic N) is 2. The van der Waals surface area contributed by atoms with Gasteiger partial charge < -0.3 is 14.9 Å². The monoisotopic (exact) mass is 352 g/mol. The molecule has 0 bridgehead atoms. The van der Waals surface area contributed by atoms with E-state index in [1.54, 1.807) is 23.1 Å². The zero-order valence-electron chi connectivity index (χ0n) is 14.5. The number of fused-ring (bicyclic) bond motifs is 1. The molecule has 0 saturated heterocycles. The Morgan fingerprint density at radius 2 is 1.85 bits per heavy atom. The Bertz CT molecular complexity index is 848. The first-order valence-electron chi connectivity index (χ1n) is 8.41. The van der Waals surface area contributed by atoms with E-state index in [0.29, 0.717) is 18.5 Å². The van der Waals surface area contributed by atoms with E-state index in [0.717, 1.165) is 16.8 Å². The predicted molar refractivity (Wildman–Crippen MR) is 97.0 cm³/mol. The fourth-order valence-electron chi connectivity index (χ4n) is 3.21. The lowest BCUT2D eigenvalue weighted by atomic mass is 10.1. The van der Waals surface area contributed by atoms with E-state index in [1.807, 2.05) is 30.3 Å². The molecular weight excluding hydrogens is 332 g/mol. The van der Waals surface area contributed by atoms with Gasteiger partial charge in [-0.3, -0.25) is 14.4 Å². The summed E-state index contributed by atoms with van der Waals surface area (Å²) in [5.74, 6) is -1.42. The van der Waals surface area contributed by atoms with Gasteiger partial charge in [0.15, 0.2) is 0 Å². The highest BCUT2D eigenvalue weighted by molar-refractivity contribution is 5.98. The van der Waals surface area contributed by atoms with Crippen molar-refractivity contribution in [2.45, 2.75) is 19.9 Å². The van der Waals surface area contributed by atoms with Crippen molar-refractivity contribution in [1.82, 2.24) is 4.90 Å². The van der Waals surface area contributed by atoms with Gasteiger partial charge in [0.2, 0.25) is 5.91 Å². The number of hydrogen-bond acceptors (Lipinski definition) is 3. The number of hydrogen-bond donors (Lipinski definition) is 1. The topological polar surface area (TPSA) is 77.9 Å². The Kier molecular flexibility index (Phi) is 5.02. The van der Waals surface area contributed by atoms with Gasteiger partial charge in [0.25, 0.3) is 5.91 Å². The molecule has 26 heavy (non-hydrogen) atoms. The number of carboxylic acid groups (broad SMARTS) is 1. The number of benzene rings is 2. The molecule has 2 aromatic rings. The summed E-state index contributed by atoms with van der Waals surface area (Å²) < 4.78 is 0. The van der Waals surface area contributed by atoms with E-state index in [2.05, 4.69) is 0 Å². The molecule has 0 fully saturated rings. The molecule has 6 heteroatoms. The summed E-state index contributed by atoms with van der Waals surface area (Å²) in [5.41, 5.74) is 3.06. The molecule has 6 nitrogen and oxygen atoms in total. The molecule has 2 amide bonds. The minimum atomic E-state index is -1.06. The summed E-state index contributed by atoms with van der Waals surface area (Å²) in [7, 11) is 0. The summed E-state index contributed by atoms with van der Waals surface area (Å²) in [4.78, 5) is 38.7. The molecule has 0 radical (unpaired) electrons. The lowest BCUT2D eigenvalue weighted by Gasteiger charge is -2.21. The fraction of sp³-hybridized carbons (Fsp3) is 0.250. The second-order valence-electron chi connectivity index (χ2n) is 6.30. The third-order valence-corrected chi connectivity index (χ3v) is 4.43. The molecule has 0 atom stereocenters. The summed E-state index contributed by atoms with van der Waals surface area (Å²) >= 11 is 0. The average Bonchev–Trinajstić information content (AvgIpc) is 3.04. The highest BCUT2D eigenvalue weighted by atomic mass is 16.4. The van der Waals surface area contributed by atoms with E-state index < -0.39 is 5.97 Å². The maximum absolute atomic E-state index is 12.9. The van der Waals surface area contributed by atoms with Crippen molar-refractivity contribution in [3.63, 3.8) is 0 Å². The third kappa shape index (κ3) is 3.74. The van der Waals surface area contributed by atoms with Crippen molar-refractivity contribution in [3.8, 4) is 0 Å². The molecule has 3 rings (SSSR count). The summed E-state index contributed by atoms with van der Waals surface area (Å²) in [6.07, 6.45) is 0.688. The Morgan fingerprint density at radius 3 is 2.50 bits per heavy atom. The second kappa shape index (κ2) is 7.39. The maximum Gasteiger partial charge on any atom is 0.323 e. The van der Waals surface area contributed by atoms with Crippen molar-refractivity contribution in [3.05, 3.63) is 65.2 Å². The zero-order valence-corrected chi connectivity index (χ0v) is 14.5. The van der Waals surface area contributed by atoms with Crippen LogP contribution in [-0.4, -0.2) is 40.9 Å². The minimum Gasteiger partial charge on any atom is -0.480 e. The van der Waals surface area contributed by atoms with Gasteiger partial charge >= 0.3 is 5.97 Å². The Hall–Kier alpha value is -3.15. The van der Waals surface area contributed by atoms with Gasteiger partial charge in [0, 0.05) is 31.3 Å². The Balaban J connectivity index is 1.85. The SMILES string of the molecule is CC(=O)N1CCc2cc(C(=O)N(CC(=O)O)Cc3ccccc3)ccc21. The molecular formula is C20H20N2O4.